The monoisotopic (exact) mass is 415 g/mol. The average molecular weight is 416 g/mol. The van der Waals surface area contributed by atoms with Crippen molar-refractivity contribution in [2.75, 3.05) is 5.32 Å². The summed E-state index contributed by atoms with van der Waals surface area (Å²) in [4.78, 5) is 20.2. The van der Waals surface area contributed by atoms with Crippen molar-refractivity contribution in [1.82, 2.24) is 19.7 Å². The zero-order chi connectivity index (χ0) is 21.6. The molecule has 0 bridgehead atoms. The van der Waals surface area contributed by atoms with Gasteiger partial charge in [0.25, 0.3) is 0 Å². The molecule has 0 spiro atoms. The number of anilines is 1. The Balaban J connectivity index is 1.48. The van der Waals surface area contributed by atoms with Crippen LogP contribution in [0, 0.1) is 17.2 Å². The Morgan fingerprint density at radius 2 is 2.16 bits per heavy atom. The van der Waals surface area contributed by atoms with Gasteiger partial charge in [-0.05, 0) is 42.5 Å². The van der Waals surface area contributed by atoms with E-state index >= 15 is 0 Å². The molecule has 0 radical (unpaired) electrons. The number of nitrogens with two attached hydrogens (primary N) is 1. The molecule has 1 amide bonds. The molecule has 2 heterocycles. The highest BCUT2D eigenvalue weighted by Gasteiger charge is 2.27. The van der Waals surface area contributed by atoms with Crippen molar-refractivity contribution in [2.24, 2.45) is 11.7 Å². The number of hydrogen-bond acceptors (Lipinski definition) is 6. The van der Waals surface area contributed by atoms with E-state index in [1.54, 1.807) is 30.6 Å². The van der Waals surface area contributed by atoms with E-state index in [0.717, 1.165) is 29.7 Å². The van der Waals surface area contributed by atoms with Crippen LogP contribution < -0.4 is 11.1 Å². The van der Waals surface area contributed by atoms with Gasteiger partial charge in [0.2, 0.25) is 11.9 Å². The molecular weight excluding hydrogens is 390 g/mol. The van der Waals surface area contributed by atoms with Gasteiger partial charge in [0.05, 0.1) is 30.4 Å². The van der Waals surface area contributed by atoms with Crippen molar-refractivity contribution in [3.05, 3.63) is 60.0 Å². The number of aromatic nitrogens is 4. The SMILES string of the molecule is N#CCC(C1CCCC1)n1cc(-c2ccnc(NCc3cccc(C(N)=O)c3)n2)cn1. The molecule has 1 unspecified atom stereocenters. The largest absolute Gasteiger partial charge is 0.366 e. The van der Waals surface area contributed by atoms with Crippen LogP contribution in [0.5, 0.6) is 0 Å². The second-order valence-corrected chi connectivity index (χ2v) is 7.87. The van der Waals surface area contributed by atoms with Crippen LogP contribution in [-0.4, -0.2) is 25.7 Å². The van der Waals surface area contributed by atoms with Gasteiger partial charge in [-0.1, -0.05) is 25.0 Å². The lowest BCUT2D eigenvalue weighted by Gasteiger charge is -2.21. The summed E-state index contributed by atoms with van der Waals surface area (Å²) in [6.07, 6.45) is 10.7. The molecule has 1 aromatic carbocycles. The number of nitrogens with zero attached hydrogens (tertiary/aromatic N) is 5. The van der Waals surface area contributed by atoms with E-state index in [-0.39, 0.29) is 6.04 Å². The summed E-state index contributed by atoms with van der Waals surface area (Å²) in [5.41, 5.74) is 8.38. The summed E-state index contributed by atoms with van der Waals surface area (Å²) in [6.45, 7) is 0.468. The third kappa shape index (κ3) is 4.89. The van der Waals surface area contributed by atoms with Gasteiger partial charge in [-0.3, -0.25) is 9.48 Å². The Kier molecular flexibility index (Phi) is 6.22. The average Bonchev–Trinajstić information content (AvgIpc) is 3.49. The van der Waals surface area contributed by atoms with Gasteiger partial charge >= 0.3 is 0 Å². The first-order valence-corrected chi connectivity index (χ1v) is 10.5. The fraction of sp³-hybridized carbons (Fsp3) is 0.348. The Bertz CT molecular complexity index is 1100. The summed E-state index contributed by atoms with van der Waals surface area (Å²) >= 11 is 0. The van der Waals surface area contributed by atoms with Crippen LogP contribution >= 0.6 is 0 Å². The molecule has 3 aromatic rings. The van der Waals surface area contributed by atoms with Crippen molar-refractivity contribution in [2.45, 2.75) is 44.7 Å². The molecule has 1 aliphatic carbocycles. The molecule has 0 saturated heterocycles. The predicted octanol–water partition coefficient (Wildman–Crippen LogP) is 3.70. The number of benzene rings is 1. The van der Waals surface area contributed by atoms with Gasteiger partial charge in [-0.25, -0.2) is 9.97 Å². The lowest BCUT2D eigenvalue weighted by atomic mass is 9.96. The van der Waals surface area contributed by atoms with Crippen LogP contribution in [0.15, 0.2) is 48.9 Å². The molecule has 1 saturated carbocycles. The molecule has 1 aliphatic rings. The lowest BCUT2D eigenvalue weighted by Crippen LogP contribution is -2.17. The molecule has 0 aliphatic heterocycles. The lowest BCUT2D eigenvalue weighted by molar-refractivity contribution is 0.1000. The molecular formula is C23H25N7O. The number of nitriles is 1. The van der Waals surface area contributed by atoms with Crippen LogP contribution in [0.3, 0.4) is 0 Å². The van der Waals surface area contributed by atoms with Gasteiger partial charge in [0, 0.05) is 30.1 Å². The molecule has 31 heavy (non-hydrogen) atoms. The third-order valence-electron chi connectivity index (χ3n) is 5.80. The maximum atomic E-state index is 11.4. The van der Waals surface area contributed by atoms with Crippen LogP contribution in [0.4, 0.5) is 5.95 Å². The fourth-order valence-electron chi connectivity index (χ4n) is 4.18. The Hall–Kier alpha value is -3.73. The summed E-state index contributed by atoms with van der Waals surface area (Å²) in [6, 6.07) is 11.4. The smallest absolute Gasteiger partial charge is 0.248 e. The number of hydrogen-bond donors (Lipinski definition) is 2. The number of primary amides is 1. The van der Waals surface area contributed by atoms with E-state index < -0.39 is 5.91 Å². The number of carbonyl (C=O) groups excluding carboxylic acids is 1. The van der Waals surface area contributed by atoms with Gasteiger partial charge < -0.3 is 11.1 Å². The normalized spacial score (nSPS) is 14.8. The van der Waals surface area contributed by atoms with E-state index in [1.807, 2.05) is 23.0 Å². The topological polar surface area (TPSA) is 123 Å². The highest BCUT2D eigenvalue weighted by atomic mass is 16.1. The molecule has 1 atom stereocenters. The Morgan fingerprint density at radius 3 is 2.94 bits per heavy atom. The van der Waals surface area contributed by atoms with Crippen molar-refractivity contribution >= 4 is 11.9 Å². The maximum Gasteiger partial charge on any atom is 0.248 e. The highest BCUT2D eigenvalue weighted by Crippen LogP contribution is 2.36. The molecule has 4 rings (SSSR count). The number of amides is 1. The summed E-state index contributed by atoms with van der Waals surface area (Å²) in [7, 11) is 0. The molecule has 2 aromatic heterocycles. The van der Waals surface area contributed by atoms with Crippen molar-refractivity contribution in [3.8, 4) is 17.3 Å². The minimum atomic E-state index is -0.454. The minimum absolute atomic E-state index is 0.109. The number of nitrogens with one attached hydrogen (secondary N) is 1. The van der Waals surface area contributed by atoms with E-state index in [0.29, 0.717) is 30.4 Å². The molecule has 8 heteroatoms. The number of carbonyl (C=O) groups is 1. The van der Waals surface area contributed by atoms with E-state index in [4.69, 9.17) is 5.73 Å². The molecule has 1 fully saturated rings. The Morgan fingerprint density at radius 1 is 1.32 bits per heavy atom. The highest BCUT2D eigenvalue weighted by molar-refractivity contribution is 5.92. The predicted molar refractivity (Wildman–Crippen MR) is 117 cm³/mol. The van der Waals surface area contributed by atoms with Gasteiger partial charge in [0.1, 0.15) is 0 Å². The summed E-state index contributed by atoms with van der Waals surface area (Å²) in [5.74, 6) is 0.537. The second-order valence-electron chi connectivity index (χ2n) is 7.87. The summed E-state index contributed by atoms with van der Waals surface area (Å²) < 4.78 is 1.93. The van der Waals surface area contributed by atoms with Crippen LogP contribution in [0.25, 0.3) is 11.3 Å². The first-order valence-electron chi connectivity index (χ1n) is 10.5. The van der Waals surface area contributed by atoms with Crippen LogP contribution in [0.2, 0.25) is 0 Å². The van der Waals surface area contributed by atoms with Gasteiger partial charge in [-0.2, -0.15) is 10.4 Å². The second kappa shape index (κ2) is 9.39. The standard InChI is InChI=1S/C23H25N7O/c24-10-8-21(17-5-1-2-6-17)30-15-19(14-28-30)20-9-11-26-23(29-20)27-13-16-4-3-7-18(12-16)22(25)31/h3-4,7,9,11-12,14-15,17,21H,1-2,5-6,8,13H2,(H2,25,31)(H,26,27,29). The molecule has 8 nitrogen and oxygen atoms in total. The van der Waals surface area contributed by atoms with E-state index in [9.17, 15) is 10.1 Å². The fourth-order valence-corrected chi connectivity index (χ4v) is 4.18. The maximum absolute atomic E-state index is 11.4. The van der Waals surface area contributed by atoms with Crippen molar-refractivity contribution in [3.63, 3.8) is 0 Å². The van der Waals surface area contributed by atoms with Gasteiger partial charge in [0.15, 0.2) is 0 Å². The Labute approximate surface area is 181 Å². The van der Waals surface area contributed by atoms with E-state index in [2.05, 4.69) is 26.5 Å². The van der Waals surface area contributed by atoms with E-state index in [1.165, 1.54) is 12.8 Å². The molecule has 3 N–H and O–H groups in total. The summed E-state index contributed by atoms with van der Waals surface area (Å²) in [5, 5.41) is 17.0. The van der Waals surface area contributed by atoms with Crippen LogP contribution in [-0.2, 0) is 6.54 Å². The quantitative estimate of drug-likeness (QED) is 0.578. The minimum Gasteiger partial charge on any atom is -0.366 e. The zero-order valence-electron chi connectivity index (χ0n) is 17.2. The van der Waals surface area contributed by atoms with Crippen LogP contribution in [0.1, 0.15) is 54.1 Å². The first-order chi connectivity index (χ1) is 15.1. The first kappa shape index (κ1) is 20.5. The molecule has 158 valence electrons. The third-order valence-corrected chi connectivity index (χ3v) is 5.80. The number of rotatable bonds is 8. The zero-order valence-corrected chi connectivity index (χ0v) is 17.2. The van der Waals surface area contributed by atoms with Crippen molar-refractivity contribution in [1.29, 1.82) is 5.26 Å². The van der Waals surface area contributed by atoms with Crippen molar-refractivity contribution < 1.29 is 4.79 Å². The van der Waals surface area contributed by atoms with Gasteiger partial charge in [-0.15, -0.1) is 0 Å².